The fraction of sp³-hybridized carbons (Fsp3) is 0.0714. The number of anilines is 2. The van der Waals surface area contributed by atoms with Crippen LogP contribution in [0.2, 0.25) is 0 Å². The molecule has 0 atom stereocenters. The quantitative estimate of drug-likeness (QED) is 0.183. The van der Waals surface area contributed by atoms with Crippen LogP contribution in [0.1, 0.15) is 21.6 Å². The van der Waals surface area contributed by atoms with Crippen molar-refractivity contribution >= 4 is 52.0 Å². The highest BCUT2D eigenvalue weighted by molar-refractivity contribution is 7.98. The summed E-state index contributed by atoms with van der Waals surface area (Å²) in [6.45, 7) is 6.24. The molecular weight excluding hydrogens is 444 g/mol. The number of carbonyl (C=O) groups is 1. The van der Waals surface area contributed by atoms with Gasteiger partial charge in [-0.25, -0.2) is 0 Å². The zero-order chi connectivity index (χ0) is 23.2. The largest absolute Gasteiger partial charge is 0.397 e. The average Bonchev–Trinajstić information content (AvgIpc) is 3.37. The lowest BCUT2D eigenvalue weighted by molar-refractivity contribution is -0.113. The van der Waals surface area contributed by atoms with E-state index < -0.39 is 0 Å². The van der Waals surface area contributed by atoms with Crippen LogP contribution in [-0.4, -0.2) is 12.2 Å². The van der Waals surface area contributed by atoms with Crippen LogP contribution in [0.25, 0.3) is 11.6 Å². The first kappa shape index (κ1) is 22.9. The number of carbonyl (C=O) groups excluding carboxylic acids is 1. The van der Waals surface area contributed by atoms with Gasteiger partial charge in [0, 0.05) is 9.77 Å². The standard InChI is InChI=1S/C28H24N2OS2/c1-20-9-11-22(12-10-20)19-30(26-7-4-3-6-25(26)29)28(31)24(27-8-5-17-33-27)18-21-13-15-23(32-2)16-14-21/h1,3-18H,19,29H2,2H3. The third-order valence-electron chi connectivity index (χ3n) is 5.24. The Labute approximate surface area is 203 Å². The van der Waals surface area contributed by atoms with Gasteiger partial charge in [0.1, 0.15) is 0 Å². The van der Waals surface area contributed by atoms with Gasteiger partial charge in [0.15, 0.2) is 0 Å². The smallest absolute Gasteiger partial charge is 0.260 e. The minimum absolute atomic E-state index is 0.110. The first-order valence-electron chi connectivity index (χ1n) is 10.5. The van der Waals surface area contributed by atoms with Crippen LogP contribution in [0.15, 0.2) is 95.2 Å². The van der Waals surface area contributed by atoms with Gasteiger partial charge in [-0.3, -0.25) is 4.79 Å². The lowest BCUT2D eigenvalue weighted by Gasteiger charge is -2.25. The van der Waals surface area contributed by atoms with Gasteiger partial charge in [0.05, 0.1) is 23.5 Å². The van der Waals surface area contributed by atoms with E-state index in [-0.39, 0.29) is 5.91 Å². The monoisotopic (exact) mass is 468 g/mol. The van der Waals surface area contributed by atoms with Gasteiger partial charge in [0.25, 0.3) is 5.91 Å². The number of thioether (sulfide) groups is 1. The molecule has 5 heteroatoms. The van der Waals surface area contributed by atoms with Crippen LogP contribution in [0.3, 0.4) is 0 Å². The number of thiophene rings is 1. The molecule has 0 saturated carbocycles. The van der Waals surface area contributed by atoms with Crippen molar-refractivity contribution in [3.63, 3.8) is 0 Å². The molecule has 1 amide bonds. The molecule has 4 rings (SSSR count). The Morgan fingerprint density at radius 3 is 2.36 bits per heavy atom. The molecule has 4 aromatic rings. The topological polar surface area (TPSA) is 46.3 Å². The SMILES string of the molecule is [CH]c1ccc(CN(C(=O)C(=Cc2ccc(SC)cc2)c2cccs2)c2ccccc2N)cc1. The summed E-state index contributed by atoms with van der Waals surface area (Å²) < 4.78 is 0. The normalized spacial score (nSPS) is 11.4. The van der Waals surface area contributed by atoms with Gasteiger partial charge in [-0.15, -0.1) is 23.1 Å². The van der Waals surface area contributed by atoms with Crippen LogP contribution in [-0.2, 0) is 11.3 Å². The lowest BCUT2D eigenvalue weighted by Crippen LogP contribution is -2.31. The Bertz CT molecular complexity index is 1240. The predicted molar refractivity (Wildman–Crippen MR) is 142 cm³/mol. The van der Waals surface area contributed by atoms with Crippen molar-refractivity contribution in [2.45, 2.75) is 11.4 Å². The number of benzene rings is 3. The summed E-state index contributed by atoms with van der Waals surface area (Å²) in [5.41, 5.74) is 10.8. The summed E-state index contributed by atoms with van der Waals surface area (Å²) in [7, 11) is 0. The molecule has 1 aromatic heterocycles. The van der Waals surface area contributed by atoms with Crippen LogP contribution < -0.4 is 10.6 Å². The second-order valence-electron chi connectivity index (χ2n) is 7.50. The van der Waals surface area contributed by atoms with Gasteiger partial charge in [-0.05, 0) is 71.7 Å². The Morgan fingerprint density at radius 1 is 1.00 bits per heavy atom. The second-order valence-corrected chi connectivity index (χ2v) is 9.33. The third kappa shape index (κ3) is 5.56. The maximum Gasteiger partial charge on any atom is 0.260 e. The molecule has 2 radical (unpaired) electrons. The van der Waals surface area contributed by atoms with Crippen molar-refractivity contribution in [3.05, 3.63) is 119 Å². The van der Waals surface area contributed by atoms with Crippen LogP contribution in [0, 0.1) is 6.92 Å². The molecule has 0 aliphatic rings. The molecule has 0 saturated heterocycles. The molecule has 0 aliphatic carbocycles. The molecule has 3 aromatic carbocycles. The Balaban J connectivity index is 1.78. The van der Waals surface area contributed by atoms with Crippen molar-refractivity contribution in [2.24, 2.45) is 0 Å². The highest BCUT2D eigenvalue weighted by Gasteiger charge is 2.24. The molecule has 0 aliphatic heterocycles. The first-order chi connectivity index (χ1) is 16.0. The molecule has 0 unspecified atom stereocenters. The minimum Gasteiger partial charge on any atom is -0.397 e. The third-order valence-corrected chi connectivity index (χ3v) is 6.88. The van der Waals surface area contributed by atoms with Crippen molar-refractivity contribution < 1.29 is 4.79 Å². The highest BCUT2D eigenvalue weighted by atomic mass is 32.2. The van der Waals surface area contributed by atoms with E-state index >= 15 is 0 Å². The van der Waals surface area contributed by atoms with Gasteiger partial charge >= 0.3 is 0 Å². The Morgan fingerprint density at radius 2 is 1.73 bits per heavy atom. The Hall–Kier alpha value is -3.28. The number of para-hydroxylation sites is 2. The zero-order valence-electron chi connectivity index (χ0n) is 18.3. The molecule has 2 N–H and O–H groups in total. The van der Waals surface area contributed by atoms with Gasteiger partial charge < -0.3 is 10.6 Å². The molecular formula is C28H24N2OS2. The average molecular weight is 469 g/mol. The van der Waals surface area contributed by atoms with E-state index in [1.54, 1.807) is 28.0 Å². The predicted octanol–water partition coefficient (Wildman–Crippen LogP) is 6.89. The van der Waals surface area contributed by atoms with E-state index in [1.807, 2.05) is 90.5 Å². The fourth-order valence-corrected chi connectivity index (χ4v) is 4.63. The van der Waals surface area contributed by atoms with Crippen LogP contribution in [0.4, 0.5) is 11.4 Å². The second kappa shape index (κ2) is 10.6. The van der Waals surface area contributed by atoms with Crippen LogP contribution >= 0.6 is 23.1 Å². The van der Waals surface area contributed by atoms with Crippen molar-refractivity contribution in [1.82, 2.24) is 0 Å². The van der Waals surface area contributed by atoms with Crippen LogP contribution in [0.5, 0.6) is 0 Å². The van der Waals surface area contributed by atoms with E-state index in [0.29, 0.717) is 29.1 Å². The van der Waals surface area contributed by atoms with E-state index in [4.69, 9.17) is 12.7 Å². The number of amides is 1. The summed E-state index contributed by atoms with van der Waals surface area (Å²) in [4.78, 5) is 17.9. The summed E-state index contributed by atoms with van der Waals surface area (Å²) in [6, 6.07) is 27.1. The molecule has 1 heterocycles. The highest BCUT2D eigenvalue weighted by Crippen LogP contribution is 2.31. The maximum absolute atomic E-state index is 14.1. The van der Waals surface area contributed by atoms with E-state index in [0.717, 1.165) is 16.0 Å². The zero-order valence-corrected chi connectivity index (χ0v) is 19.9. The molecule has 33 heavy (non-hydrogen) atoms. The number of nitrogen functional groups attached to an aromatic ring is 1. The van der Waals surface area contributed by atoms with Crippen molar-refractivity contribution in [3.8, 4) is 0 Å². The van der Waals surface area contributed by atoms with E-state index in [9.17, 15) is 4.79 Å². The number of hydrogen-bond acceptors (Lipinski definition) is 4. The number of rotatable bonds is 7. The van der Waals surface area contributed by atoms with Gasteiger partial charge in [-0.1, -0.05) is 54.6 Å². The molecule has 0 spiro atoms. The minimum atomic E-state index is -0.110. The molecule has 3 nitrogen and oxygen atoms in total. The first-order valence-corrected chi connectivity index (χ1v) is 12.6. The van der Waals surface area contributed by atoms with E-state index in [1.165, 1.54) is 4.90 Å². The van der Waals surface area contributed by atoms with Gasteiger partial charge in [0.2, 0.25) is 0 Å². The van der Waals surface area contributed by atoms with Crippen molar-refractivity contribution in [2.75, 3.05) is 16.9 Å². The van der Waals surface area contributed by atoms with Crippen molar-refractivity contribution in [1.29, 1.82) is 0 Å². The fourth-order valence-electron chi connectivity index (χ4n) is 3.49. The van der Waals surface area contributed by atoms with Gasteiger partial charge in [-0.2, -0.15) is 0 Å². The maximum atomic E-state index is 14.1. The summed E-state index contributed by atoms with van der Waals surface area (Å²) >= 11 is 3.23. The van der Waals surface area contributed by atoms with E-state index in [2.05, 4.69) is 12.1 Å². The number of hydrogen-bond donors (Lipinski definition) is 1. The summed E-state index contributed by atoms with van der Waals surface area (Å²) in [6.07, 6.45) is 4.00. The Kier molecular flexibility index (Phi) is 7.33. The molecule has 0 fully saturated rings. The summed E-state index contributed by atoms with van der Waals surface area (Å²) in [5.74, 6) is -0.110. The molecule has 164 valence electrons. The molecule has 0 bridgehead atoms. The lowest BCUT2D eigenvalue weighted by atomic mass is 10.1. The summed E-state index contributed by atoms with van der Waals surface area (Å²) in [5, 5.41) is 1.98. The number of nitrogens with zero attached hydrogens (tertiary/aromatic N) is 1. The number of nitrogens with two attached hydrogens (primary N) is 1.